The summed E-state index contributed by atoms with van der Waals surface area (Å²) in [6.07, 6.45) is 2.29. The van der Waals surface area contributed by atoms with Gasteiger partial charge in [-0.25, -0.2) is 21.9 Å². The maximum absolute atomic E-state index is 14.2. The lowest BCUT2D eigenvalue weighted by Crippen LogP contribution is -2.40. The van der Waals surface area contributed by atoms with E-state index in [4.69, 9.17) is 0 Å². The van der Waals surface area contributed by atoms with Gasteiger partial charge in [-0.05, 0) is 43.9 Å². The van der Waals surface area contributed by atoms with E-state index in [-0.39, 0.29) is 33.9 Å². The van der Waals surface area contributed by atoms with Crippen LogP contribution >= 0.6 is 0 Å². The molecule has 0 aliphatic heterocycles. The Morgan fingerprint density at radius 3 is 2.32 bits per heavy atom. The van der Waals surface area contributed by atoms with E-state index in [1.165, 1.54) is 18.2 Å². The largest absolute Gasteiger partial charge is 0.359 e. The third kappa shape index (κ3) is 4.39. The highest BCUT2D eigenvalue weighted by atomic mass is 32.2. The highest BCUT2D eigenvalue weighted by Gasteiger charge is 2.29. The molecule has 2 aromatic rings. The third-order valence-corrected chi connectivity index (χ3v) is 6.64. The van der Waals surface area contributed by atoms with Crippen molar-refractivity contribution in [3.05, 3.63) is 54.1 Å². The minimum atomic E-state index is -3.92. The standard InChI is InChI=1S/C20H22F2N2O3S/c1-23-20(25)13-6-9-15(10-7-13)24-28(26,27)19-5-3-2-4-17(19)16-11-8-14(21)12-18(16)22/h2-5,8,11-13,15,24H,6-7,9-10H2,1H3,(H,23,25). The molecule has 1 aliphatic rings. The van der Waals surface area contributed by atoms with Crippen LogP contribution in [0, 0.1) is 17.6 Å². The van der Waals surface area contributed by atoms with Crippen molar-refractivity contribution >= 4 is 15.9 Å². The smallest absolute Gasteiger partial charge is 0.241 e. The fourth-order valence-electron chi connectivity index (χ4n) is 3.59. The SMILES string of the molecule is CNC(=O)C1CCC(NS(=O)(=O)c2ccccc2-c2ccc(F)cc2F)CC1. The van der Waals surface area contributed by atoms with Crippen molar-refractivity contribution < 1.29 is 22.0 Å². The monoisotopic (exact) mass is 408 g/mol. The predicted molar refractivity (Wildman–Crippen MR) is 102 cm³/mol. The van der Waals surface area contributed by atoms with Crippen LogP contribution < -0.4 is 10.0 Å². The Hall–Kier alpha value is -2.32. The molecule has 0 radical (unpaired) electrons. The second-order valence-corrected chi connectivity index (χ2v) is 8.59. The van der Waals surface area contributed by atoms with Gasteiger partial charge in [0, 0.05) is 36.2 Å². The molecule has 0 bridgehead atoms. The van der Waals surface area contributed by atoms with Crippen molar-refractivity contribution in [3.8, 4) is 11.1 Å². The second-order valence-electron chi connectivity index (χ2n) is 6.90. The molecule has 5 nitrogen and oxygen atoms in total. The number of halogens is 2. The summed E-state index contributed by atoms with van der Waals surface area (Å²) in [7, 11) is -2.33. The van der Waals surface area contributed by atoms with E-state index in [1.807, 2.05) is 0 Å². The summed E-state index contributed by atoms with van der Waals surface area (Å²) in [5, 5.41) is 2.62. The average molecular weight is 408 g/mol. The number of carbonyl (C=O) groups excluding carboxylic acids is 1. The number of carbonyl (C=O) groups is 1. The van der Waals surface area contributed by atoms with Crippen LogP contribution in [0.1, 0.15) is 25.7 Å². The van der Waals surface area contributed by atoms with Crippen LogP contribution in [0.15, 0.2) is 47.4 Å². The van der Waals surface area contributed by atoms with Gasteiger partial charge in [0.25, 0.3) is 0 Å². The van der Waals surface area contributed by atoms with Gasteiger partial charge in [0.1, 0.15) is 11.6 Å². The van der Waals surface area contributed by atoms with Crippen LogP contribution in [-0.4, -0.2) is 27.4 Å². The van der Waals surface area contributed by atoms with E-state index >= 15 is 0 Å². The third-order valence-electron chi connectivity index (χ3n) is 5.06. The maximum atomic E-state index is 14.2. The van der Waals surface area contributed by atoms with Gasteiger partial charge < -0.3 is 5.32 Å². The number of hydrogen-bond donors (Lipinski definition) is 2. The van der Waals surface area contributed by atoms with Gasteiger partial charge in [0.2, 0.25) is 15.9 Å². The molecule has 0 aromatic heterocycles. The number of hydrogen-bond acceptors (Lipinski definition) is 3. The Labute approximate surface area is 163 Å². The Morgan fingerprint density at radius 1 is 1.00 bits per heavy atom. The number of amides is 1. The molecular formula is C20H22F2N2O3S. The predicted octanol–water partition coefficient (Wildman–Crippen LogP) is 3.21. The van der Waals surface area contributed by atoms with Crippen molar-refractivity contribution in [2.45, 2.75) is 36.6 Å². The molecule has 2 aromatic carbocycles. The van der Waals surface area contributed by atoms with Crippen LogP contribution in [0.3, 0.4) is 0 Å². The lowest BCUT2D eigenvalue weighted by Gasteiger charge is -2.28. The molecule has 1 saturated carbocycles. The van der Waals surface area contributed by atoms with Gasteiger partial charge in [0.05, 0.1) is 4.90 Å². The summed E-state index contributed by atoms with van der Waals surface area (Å²) in [4.78, 5) is 11.7. The van der Waals surface area contributed by atoms with Gasteiger partial charge in [-0.1, -0.05) is 18.2 Å². The summed E-state index contributed by atoms with van der Waals surface area (Å²) in [5.74, 6) is -1.69. The Bertz CT molecular complexity index is 971. The highest BCUT2D eigenvalue weighted by Crippen LogP contribution is 2.31. The fraction of sp³-hybridized carbons (Fsp3) is 0.350. The molecule has 28 heavy (non-hydrogen) atoms. The summed E-state index contributed by atoms with van der Waals surface area (Å²) in [6.45, 7) is 0. The van der Waals surface area contributed by atoms with E-state index in [0.29, 0.717) is 25.7 Å². The lowest BCUT2D eigenvalue weighted by atomic mass is 9.86. The molecule has 1 amide bonds. The first-order valence-electron chi connectivity index (χ1n) is 9.10. The first-order valence-corrected chi connectivity index (χ1v) is 10.6. The minimum absolute atomic E-state index is 0.0192. The van der Waals surface area contributed by atoms with E-state index in [1.54, 1.807) is 19.2 Å². The van der Waals surface area contributed by atoms with E-state index in [0.717, 1.165) is 12.1 Å². The van der Waals surface area contributed by atoms with E-state index in [2.05, 4.69) is 10.0 Å². The van der Waals surface area contributed by atoms with Crippen molar-refractivity contribution in [1.29, 1.82) is 0 Å². The molecule has 0 spiro atoms. The number of nitrogens with one attached hydrogen (secondary N) is 2. The Morgan fingerprint density at radius 2 is 1.68 bits per heavy atom. The summed E-state index contributed by atoms with van der Waals surface area (Å²) in [5.41, 5.74) is 0.192. The molecular weight excluding hydrogens is 386 g/mol. The molecule has 0 saturated heterocycles. The van der Waals surface area contributed by atoms with Gasteiger partial charge >= 0.3 is 0 Å². The zero-order valence-electron chi connectivity index (χ0n) is 15.4. The zero-order valence-corrected chi connectivity index (χ0v) is 16.2. The van der Waals surface area contributed by atoms with Gasteiger partial charge in [-0.2, -0.15) is 0 Å². The van der Waals surface area contributed by atoms with Gasteiger partial charge in [0.15, 0.2) is 0 Å². The fourth-order valence-corrected chi connectivity index (χ4v) is 5.12. The zero-order chi connectivity index (χ0) is 20.3. The van der Waals surface area contributed by atoms with Gasteiger partial charge in [-0.15, -0.1) is 0 Å². The molecule has 150 valence electrons. The normalized spacial score (nSPS) is 20.0. The first-order chi connectivity index (χ1) is 13.3. The minimum Gasteiger partial charge on any atom is -0.359 e. The first kappa shape index (κ1) is 20.4. The maximum Gasteiger partial charge on any atom is 0.241 e. The molecule has 0 heterocycles. The van der Waals surface area contributed by atoms with Crippen LogP contribution in [0.25, 0.3) is 11.1 Å². The second kappa shape index (κ2) is 8.36. The number of rotatable bonds is 5. The van der Waals surface area contributed by atoms with Crippen molar-refractivity contribution in [3.63, 3.8) is 0 Å². The number of sulfonamides is 1. The molecule has 0 atom stereocenters. The van der Waals surface area contributed by atoms with Gasteiger partial charge in [-0.3, -0.25) is 4.79 Å². The molecule has 2 N–H and O–H groups in total. The quantitative estimate of drug-likeness (QED) is 0.798. The van der Waals surface area contributed by atoms with E-state index < -0.39 is 21.7 Å². The molecule has 8 heteroatoms. The Kier molecular flexibility index (Phi) is 6.10. The van der Waals surface area contributed by atoms with Crippen molar-refractivity contribution in [1.82, 2.24) is 10.0 Å². The Balaban J connectivity index is 1.83. The summed E-state index contributed by atoms with van der Waals surface area (Å²) >= 11 is 0. The summed E-state index contributed by atoms with van der Waals surface area (Å²) < 4.78 is 56.0. The molecule has 3 rings (SSSR count). The average Bonchev–Trinajstić information content (AvgIpc) is 2.68. The molecule has 1 aliphatic carbocycles. The van der Waals surface area contributed by atoms with Crippen molar-refractivity contribution in [2.24, 2.45) is 5.92 Å². The lowest BCUT2D eigenvalue weighted by molar-refractivity contribution is -0.125. The topological polar surface area (TPSA) is 75.3 Å². The molecule has 1 fully saturated rings. The van der Waals surface area contributed by atoms with Crippen LogP contribution in [0.4, 0.5) is 8.78 Å². The number of benzene rings is 2. The highest BCUT2D eigenvalue weighted by molar-refractivity contribution is 7.89. The van der Waals surface area contributed by atoms with E-state index in [9.17, 15) is 22.0 Å². The van der Waals surface area contributed by atoms with Crippen LogP contribution in [0.5, 0.6) is 0 Å². The van der Waals surface area contributed by atoms with Crippen LogP contribution in [-0.2, 0) is 14.8 Å². The summed E-state index contributed by atoms with van der Waals surface area (Å²) in [6, 6.07) is 8.81. The van der Waals surface area contributed by atoms with Crippen LogP contribution in [0.2, 0.25) is 0 Å². The van der Waals surface area contributed by atoms with Crippen molar-refractivity contribution in [2.75, 3.05) is 7.05 Å². The molecule has 0 unspecified atom stereocenters.